The molecular formula is C13H26O2. The van der Waals surface area contributed by atoms with Crippen molar-refractivity contribution in [3.63, 3.8) is 0 Å². The highest BCUT2D eigenvalue weighted by Gasteiger charge is 2.04. The Morgan fingerprint density at radius 2 is 1.80 bits per heavy atom. The molecule has 0 rings (SSSR count). The van der Waals surface area contributed by atoms with Crippen LogP contribution in [-0.2, 0) is 9.53 Å². The van der Waals surface area contributed by atoms with Crippen LogP contribution in [0.1, 0.15) is 59.8 Å². The lowest BCUT2D eigenvalue weighted by molar-refractivity contribution is -0.141. The van der Waals surface area contributed by atoms with Gasteiger partial charge in [0.2, 0.25) is 0 Å². The molecule has 1 unspecified atom stereocenters. The molecule has 0 spiro atoms. The van der Waals surface area contributed by atoms with E-state index < -0.39 is 0 Å². The molecule has 0 aromatic rings. The Morgan fingerprint density at radius 1 is 1.13 bits per heavy atom. The molecule has 0 aliphatic rings. The molecule has 0 radical (unpaired) electrons. The first-order valence-corrected chi connectivity index (χ1v) is 6.15. The van der Waals surface area contributed by atoms with Crippen LogP contribution in [0, 0.1) is 11.8 Å². The molecule has 0 saturated heterocycles. The summed E-state index contributed by atoms with van der Waals surface area (Å²) >= 11 is 0. The van der Waals surface area contributed by atoms with Gasteiger partial charge in [-0.2, -0.15) is 0 Å². The summed E-state index contributed by atoms with van der Waals surface area (Å²) in [4.78, 5) is 10.5. The van der Waals surface area contributed by atoms with Crippen molar-refractivity contribution in [3.8, 4) is 0 Å². The van der Waals surface area contributed by atoms with Gasteiger partial charge in [0.25, 0.3) is 0 Å². The second kappa shape index (κ2) is 8.75. The first-order valence-electron chi connectivity index (χ1n) is 6.15. The molecule has 0 aliphatic carbocycles. The maximum Gasteiger partial charge on any atom is 0.302 e. The molecule has 0 saturated carbocycles. The highest BCUT2D eigenvalue weighted by molar-refractivity contribution is 5.65. The van der Waals surface area contributed by atoms with E-state index in [1.165, 1.54) is 32.6 Å². The third-order valence-corrected chi connectivity index (χ3v) is 2.52. The van der Waals surface area contributed by atoms with Gasteiger partial charge in [-0.05, 0) is 24.7 Å². The second-order valence-corrected chi connectivity index (χ2v) is 4.92. The van der Waals surface area contributed by atoms with Crippen molar-refractivity contribution < 1.29 is 9.53 Å². The van der Waals surface area contributed by atoms with Gasteiger partial charge in [0.05, 0.1) is 6.61 Å². The second-order valence-electron chi connectivity index (χ2n) is 4.92. The lowest BCUT2D eigenvalue weighted by Gasteiger charge is -2.13. The fourth-order valence-corrected chi connectivity index (χ4v) is 1.91. The number of hydrogen-bond acceptors (Lipinski definition) is 2. The van der Waals surface area contributed by atoms with Crippen molar-refractivity contribution in [3.05, 3.63) is 0 Å². The zero-order valence-electron chi connectivity index (χ0n) is 10.7. The monoisotopic (exact) mass is 214 g/mol. The summed E-state index contributed by atoms with van der Waals surface area (Å²) in [5.74, 6) is 1.47. The van der Waals surface area contributed by atoms with Crippen molar-refractivity contribution in [2.24, 2.45) is 11.8 Å². The molecule has 2 heteroatoms. The van der Waals surface area contributed by atoms with E-state index in [1.54, 1.807) is 0 Å². The third-order valence-electron chi connectivity index (χ3n) is 2.52. The smallest absolute Gasteiger partial charge is 0.302 e. The maximum atomic E-state index is 10.5. The number of rotatable bonds is 8. The summed E-state index contributed by atoms with van der Waals surface area (Å²) in [6.45, 7) is 8.93. The molecule has 0 amide bonds. The van der Waals surface area contributed by atoms with Crippen LogP contribution in [0.5, 0.6) is 0 Å². The standard InChI is InChI=1S/C13H26O2/c1-11(2)10-12(3)8-6-5-7-9-15-13(4)14/h11-12H,5-10H2,1-4H3. The molecule has 0 N–H and O–H groups in total. The Balaban J connectivity index is 3.20. The van der Waals surface area contributed by atoms with Crippen LogP contribution in [-0.4, -0.2) is 12.6 Å². The zero-order valence-corrected chi connectivity index (χ0v) is 10.7. The number of carbonyl (C=O) groups excluding carboxylic acids is 1. The van der Waals surface area contributed by atoms with E-state index in [9.17, 15) is 4.79 Å². The van der Waals surface area contributed by atoms with Crippen LogP contribution in [0.4, 0.5) is 0 Å². The zero-order chi connectivity index (χ0) is 11.7. The molecule has 90 valence electrons. The molecule has 0 fully saturated rings. The van der Waals surface area contributed by atoms with E-state index >= 15 is 0 Å². The summed E-state index contributed by atoms with van der Waals surface area (Å²) in [6.07, 6.45) is 6.07. The number of esters is 1. The molecular weight excluding hydrogens is 188 g/mol. The van der Waals surface area contributed by atoms with Crippen LogP contribution < -0.4 is 0 Å². The van der Waals surface area contributed by atoms with E-state index in [-0.39, 0.29) is 5.97 Å². The summed E-state index contributed by atoms with van der Waals surface area (Å²) in [7, 11) is 0. The summed E-state index contributed by atoms with van der Waals surface area (Å²) in [5.41, 5.74) is 0. The average molecular weight is 214 g/mol. The summed E-state index contributed by atoms with van der Waals surface area (Å²) in [6, 6.07) is 0. The predicted octanol–water partition coefficient (Wildman–Crippen LogP) is 3.79. The van der Waals surface area contributed by atoms with Crippen molar-refractivity contribution in [2.75, 3.05) is 6.61 Å². The predicted molar refractivity (Wildman–Crippen MR) is 63.7 cm³/mol. The molecule has 15 heavy (non-hydrogen) atoms. The van der Waals surface area contributed by atoms with E-state index in [1.807, 2.05) is 0 Å². The first kappa shape index (κ1) is 14.5. The lowest BCUT2D eigenvalue weighted by Crippen LogP contribution is -2.02. The van der Waals surface area contributed by atoms with Gasteiger partial charge in [0.1, 0.15) is 0 Å². The van der Waals surface area contributed by atoms with Gasteiger partial charge in [-0.3, -0.25) is 4.79 Å². The largest absolute Gasteiger partial charge is 0.466 e. The quantitative estimate of drug-likeness (QED) is 0.454. The Morgan fingerprint density at radius 3 is 2.33 bits per heavy atom. The number of carbonyl (C=O) groups is 1. The molecule has 0 aromatic heterocycles. The minimum atomic E-state index is -0.164. The fourth-order valence-electron chi connectivity index (χ4n) is 1.91. The highest BCUT2D eigenvalue weighted by Crippen LogP contribution is 2.17. The van der Waals surface area contributed by atoms with Crippen molar-refractivity contribution >= 4 is 5.97 Å². The van der Waals surface area contributed by atoms with Gasteiger partial charge in [0, 0.05) is 6.92 Å². The molecule has 0 aromatic carbocycles. The minimum absolute atomic E-state index is 0.164. The highest BCUT2D eigenvalue weighted by atomic mass is 16.5. The molecule has 0 heterocycles. The normalized spacial score (nSPS) is 12.9. The molecule has 0 aliphatic heterocycles. The van der Waals surface area contributed by atoms with Crippen LogP contribution in [0.2, 0.25) is 0 Å². The van der Waals surface area contributed by atoms with Crippen LogP contribution in [0.3, 0.4) is 0 Å². The van der Waals surface area contributed by atoms with Gasteiger partial charge in [-0.15, -0.1) is 0 Å². The van der Waals surface area contributed by atoms with Crippen LogP contribution in [0.25, 0.3) is 0 Å². The summed E-state index contributed by atoms with van der Waals surface area (Å²) < 4.78 is 4.87. The summed E-state index contributed by atoms with van der Waals surface area (Å²) in [5, 5.41) is 0. The molecule has 0 bridgehead atoms. The van der Waals surface area contributed by atoms with Crippen molar-refractivity contribution in [1.29, 1.82) is 0 Å². The topological polar surface area (TPSA) is 26.3 Å². The number of hydrogen-bond donors (Lipinski definition) is 0. The van der Waals surface area contributed by atoms with Gasteiger partial charge >= 0.3 is 5.97 Å². The van der Waals surface area contributed by atoms with E-state index in [0.717, 1.165) is 18.3 Å². The van der Waals surface area contributed by atoms with E-state index in [0.29, 0.717) is 6.61 Å². The van der Waals surface area contributed by atoms with E-state index in [2.05, 4.69) is 20.8 Å². The van der Waals surface area contributed by atoms with Crippen molar-refractivity contribution in [1.82, 2.24) is 0 Å². The lowest BCUT2D eigenvalue weighted by atomic mass is 9.94. The van der Waals surface area contributed by atoms with Gasteiger partial charge in [0.15, 0.2) is 0 Å². The van der Waals surface area contributed by atoms with Gasteiger partial charge in [-0.1, -0.05) is 40.0 Å². The maximum absolute atomic E-state index is 10.5. The van der Waals surface area contributed by atoms with E-state index in [4.69, 9.17) is 4.74 Å². The van der Waals surface area contributed by atoms with Gasteiger partial charge < -0.3 is 4.74 Å². The number of unbranched alkanes of at least 4 members (excludes halogenated alkanes) is 2. The Labute approximate surface area is 94.4 Å². The number of ether oxygens (including phenoxy) is 1. The SMILES string of the molecule is CC(=O)OCCCCCC(C)CC(C)C. The first-order chi connectivity index (χ1) is 7.02. The Hall–Kier alpha value is -0.530. The Kier molecular flexibility index (Phi) is 8.44. The fraction of sp³-hybridized carbons (Fsp3) is 0.923. The van der Waals surface area contributed by atoms with Gasteiger partial charge in [-0.25, -0.2) is 0 Å². The molecule has 2 nitrogen and oxygen atoms in total. The third kappa shape index (κ3) is 11.4. The molecule has 1 atom stereocenters. The van der Waals surface area contributed by atoms with Crippen LogP contribution in [0.15, 0.2) is 0 Å². The Bertz CT molecular complexity index is 164. The average Bonchev–Trinajstić information content (AvgIpc) is 2.09. The van der Waals surface area contributed by atoms with Crippen LogP contribution >= 0.6 is 0 Å². The minimum Gasteiger partial charge on any atom is -0.466 e. The van der Waals surface area contributed by atoms with Crippen molar-refractivity contribution in [2.45, 2.75) is 59.8 Å².